The van der Waals surface area contributed by atoms with Gasteiger partial charge in [0.05, 0.1) is 6.07 Å². The van der Waals surface area contributed by atoms with Crippen LogP contribution >= 0.6 is 11.3 Å². The predicted octanol–water partition coefficient (Wildman–Crippen LogP) is 0.593. The molecule has 8 heteroatoms. The lowest BCUT2D eigenvalue weighted by Crippen LogP contribution is -2.20. The third kappa shape index (κ3) is 1.89. The van der Waals surface area contributed by atoms with Gasteiger partial charge in [-0.05, 0) is 6.42 Å². The largest absolute Gasteiger partial charge is 0.369 e. The molecule has 94 valence electrons. The van der Waals surface area contributed by atoms with Crippen molar-refractivity contribution in [2.75, 3.05) is 5.73 Å². The van der Waals surface area contributed by atoms with Crippen LogP contribution in [-0.4, -0.2) is 14.5 Å². The zero-order valence-corrected chi connectivity index (χ0v) is 10.5. The van der Waals surface area contributed by atoms with Crippen molar-refractivity contribution in [1.29, 1.82) is 5.26 Å². The smallest absolute Gasteiger partial charge is 0.310 e. The summed E-state index contributed by atoms with van der Waals surface area (Å²) in [6.45, 7) is 1.92. The molecule has 2 aromatic heterocycles. The molecule has 0 radical (unpaired) electrons. The minimum atomic E-state index is -0.620. The molecule has 0 saturated heterocycles. The minimum absolute atomic E-state index is 0.0627. The molecule has 0 spiro atoms. The topological polar surface area (TPSA) is 118 Å². The van der Waals surface area contributed by atoms with Crippen LogP contribution in [-0.2, 0) is 0 Å². The summed E-state index contributed by atoms with van der Waals surface area (Å²) in [5.41, 5.74) is 5.19. The average molecular weight is 265 g/mol. The van der Waals surface area contributed by atoms with Crippen LogP contribution in [0.5, 0.6) is 0 Å². The van der Waals surface area contributed by atoms with Crippen LogP contribution in [0.15, 0.2) is 9.59 Å². The molecular formula is C10H11N5O2S. The molecule has 0 aliphatic heterocycles. The zero-order valence-electron chi connectivity index (χ0n) is 9.64. The molecule has 0 aromatic carbocycles. The zero-order chi connectivity index (χ0) is 13.3. The van der Waals surface area contributed by atoms with Crippen molar-refractivity contribution in [2.24, 2.45) is 0 Å². The highest BCUT2D eigenvalue weighted by molar-refractivity contribution is 7.16. The number of thiazole rings is 1. The summed E-state index contributed by atoms with van der Waals surface area (Å²) < 4.78 is 1.44. The number of fused-ring (bicyclic) bond motifs is 1. The lowest BCUT2D eigenvalue weighted by molar-refractivity contribution is 0.564. The van der Waals surface area contributed by atoms with E-state index in [1.165, 1.54) is 4.57 Å². The van der Waals surface area contributed by atoms with Crippen molar-refractivity contribution in [3.63, 3.8) is 0 Å². The van der Waals surface area contributed by atoms with Gasteiger partial charge in [0, 0.05) is 0 Å². The van der Waals surface area contributed by atoms with Gasteiger partial charge >= 0.3 is 4.87 Å². The van der Waals surface area contributed by atoms with E-state index in [1.54, 1.807) is 0 Å². The first kappa shape index (κ1) is 12.3. The molecule has 0 bridgehead atoms. The molecule has 0 aliphatic rings. The van der Waals surface area contributed by atoms with Gasteiger partial charge in [-0.15, -0.1) is 0 Å². The lowest BCUT2D eigenvalue weighted by atomic mass is 10.2. The molecule has 0 aliphatic carbocycles. The Morgan fingerprint density at radius 3 is 2.94 bits per heavy atom. The predicted molar refractivity (Wildman–Crippen MR) is 68.5 cm³/mol. The Bertz CT molecular complexity index is 735. The molecule has 7 nitrogen and oxygen atoms in total. The molecule has 2 rings (SSSR count). The Hall–Kier alpha value is -2.14. The van der Waals surface area contributed by atoms with Gasteiger partial charge in [0.1, 0.15) is 10.7 Å². The number of rotatable bonds is 3. The van der Waals surface area contributed by atoms with E-state index in [0.717, 1.165) is 17.8 Å². The molecule has 0 fully saturated rings. The van der Waals surface area contributed by atoms with Gasteiger partial charge in [0.2, 0.25) is 5.95 Å². The fourth-order valence-electron chi connectivity index (χ4n) is 1.75. The number of anilines is 1. The Balaban J connectivity index is 2.79. The van der Waals surface area contributed by atoms with E-state index >= 15 is 0 Å². The van der Waals surface area contributed by atoms with Crippen molar-refractivity contribution in [3.8, 4) is 6.07 Å². The van der Waals surface area contributed by atoms with E-state index in [9.17, 15) is 9.59 Å². The first-order valence-electron chi connectivity index (χ1n) is 5.39. The van der Waals surface area contributed by atoms with Crippen molar-refractivity contribution in [2.45, 2.75) is 25.8 Å². The maximum atomic E-state index is 11.9. The third-order valence-electron chi connectivity index (χ3n) is 2.51. The summed E-state index contributed by atoms with van der Waals surface area (Å²) in [5.74, 6) is -0.0627. The minimum Gasteiger partial charge on any atom is -0.369 e. The van der Waals surface area contributed by atoms with Crippen LogP contribution in [0.1, 0.15) is 25.8 Å². The van der Waals surface area contributed by atoms with Crippen LogP contribution in [0.3, 0.4) is 0 Å². The summed E-state index contributed by atoms with van der Waals surface area (Å²) in [5, 5.41) is 9.10. The Kier molecular flexibility index (Phi) is 3.16. The average Bonchev–Trinajstić information content (AvgIpc) is 2.63. The maximum absolute atomic E-state index is 11.9. The van der Waals surface area contributed by atoms with Crippen LogP contribution in [0.25, 0.3) is 10.3 Å². The number of hydrogen-bond donors (Lipinski definition) is 2. The second kappa shape index (κ2) is 4.62. The quantitative estimate of drug-likeness (QED) is 0.842. The molecule has 2 heterocycles. The second-order valence-corrected chi connectivity index (χ2v) is 4.74. The number of nitrogens with zero attached hydrogens (tertiary/aromatic N) is 3. The van der Waals surface area contributed by atoms with E-state index in [2.05, 4.69) is 16.0 Å². The highest BCUT2D eigenvalue weighted by Crippen LogP contribution is 2.19. The van der Waals surface area contributed by atoms with Crippen LogP contribution < -0.4 is 16.2 Å². The number of aromatic nitrogens is 3. The van der Waals surface area contributed by atoms with E-state index in [-0.39, 0.29) is 21.2 Å². The summed E-state index contributed by atoms with van der Waals surface area (Å²) in [4.78, 5) is 29.4. The van der Waals surface area contributed by atoms with Crippen molar-refractivity contribution < 1.29 is 0 Å². The SMILES string of the molecule is CCCC(C#N)n1c(=O)sc2c(=O)[nH]c(N)nc21. The highest BCUT2D eigenvalue weighted by Gasteiger charge is 2.19. The van der Waals surface area contributed by atoms with Crippen molar-refractivity contribution >= 4 is 27.6 Å². The lowest BCUT2D eigenvalue weighted by Gasteiger charge is -2.08. The summed E-state index contributed by atoms with van der Waals surface area (Å²) >= 11 is 0.778. The van der Waals surface area contributed by atoms with Gasteiger partial charge in [0.25, 0.3) is 5.56 Å². The van der Waals surface area contributed by atoms with Crippen LogP contribution in [0.2, 0.25) is 0 Å². The number of aromatic amines is 1. The van der Waals surface area contributed by atoms with Crippen molar-refractivity contribution in [1.82, 2.24) is 14.5 Å². The second-order valence-electron chi connectivity index (χ2n) is 3.78. The molecule has 2 aromatic rings. The van der Waals surface area contributed by atoms with Gasteiger partial charge in [0.15, 0.2) is 5.65 Å². The third-order valence-corrected chi connectivity index (χ3v) is 3.46. The number of nitrogen functional groups attached to an aromatic ring is 1. The summed E-state index contributed by atoms with van der Waals surface area (Å²) in [6.07, 6.45) is 1.28. The fraction of sp³-hybridized carbons (Fsp3) is 0.400. The van der Waals surface area contributed by atoms with Crippen molar-refractivity contribution in [3.05, 3.63) is 20.0 Å². The molecular weight excluding hydrogens is 254 g/mol. The van der Waals surface area contributed by atoms with E-state index in [0.29, 0.717) is 6.42 Å². The number of nitrogens with one attached hydrogen (secondary N) is 1. The fourth-order valence-corrected chi connectivity index (χ4v) is 2.61. The monoisotopic (exact) mass is 265 g/mol. The normalized spacial score (nSPS) is 12.4. The number of hydrogen-bond acceptors (Lipinski definition) is 6. The number of nitriles is 1. The first-order valence-corrected chi connectivity index (χ1v) is 6.20. The van der Waals surface area contributed by atoms with Gasteiger partial charge in [-0.3, -0.25) is 19.1 Å². The molecule has 0 amide bonds. The highest BCUT2D eigenvalue weighted by atomic mass is 32.1. The van der Waals surface area contributed by atoms with Gasteiger partial charge in [-0.1, -0.05) is 24.7 Å². The van der Waals surface area contributed by atoms with E-state index in [1.807, 2.05) is 6.92 Å². The molecule has 18 heavy (non-hydrogen) atoms. The van der Waals surface area contributed by atoms with E-state index in [4.69, 9.17) is 11.0 Å². The van der Waals surface area contributed by atoms with Crippen LogP contribution in [0.4, 0.5) is 5.95 Å². The van der Waals surface area contributed by atoms with Gasteiger partial charge < -0.3 is 5.73 Å². The first-order chi connectivity index (χ1) is 8.58. The molecule has 0 saturated carbocycles. The van der Waals surface area contributed by atoms with Gasteiger partial charge in [-0.2, -0.15) is 10.2 Å². The molecule has 1 unspecified atom stereocenters. The number of nitrogens with two attached hydrogens (primary N) is 1. The Morgan fingerprint density at radius 2 is 2.33 bits per heavy atom. The van der Waals surface area contributed by atoms with Gasteiger partial charge in [-0.25, -0.2) is 0 Å². The summed E-state index contributed by atoms with van der Waals surface area (Å²) in [6, 6.07) is 1.43. The number of H-pyrrole nitrogens is 1. The summed E-state index contributed by atoms with van der Waals surface area (Å²) in [7, 11) is 0. The van der Waals surface area contributed by atoms with E-state index < -0.39 is 11.6 Å². The Labute approximate surface area is 106 Å². The molecule has 1 atom stereocenters. The Morgan fingerprint density at radius 1 is 1.61 bits per heavy atom. The molecule has 3 N–H and O–H groups in total. The van der Waals surface area contributed by atoms with Crippen LogP contribution in [0, 0.1) is 11.3 Å². The standard InChI is InChI=1S/C10H11N5O2S/c1-2-3-5(4-11)15-7-6(18-10(15)17)8(16)14-9(12)13-7/h5H,2-3H2,1H3,(H3,12,13,14,16). The maximum Gasteiger partial charge on any atom is 0.310 e.